The second kappa shape index (κ2) is 4.27. The molecule has 0 aliphatic heterocycles. The lowest BCUT2D eigenvalue weighted by Crippen LogP contribution is -2.27. The third kappa shape index (κ3) is 1.96. The Kier molecular flexibility index (Phi) is 2.75. The number of benzene rings is 2. The summed E-state index contributed by atoms with van der Waals surface area (Å²) in [6.07, 6.45) is 0. The first-order valence-electron chi connectivity index (χ1n) is 6.59. The number of aliphatic hydroxyl groups is 1. The van der Waals surface area contributed by atoms with E-state index in [-0.39, 0.29) is 34.0 Å². The molecule has 2 aromatic rings. The molecule has 0 atom stereocenters. The van der Waals surface area contributed by atoms with Gasteiger partial charge in [-0.25, -0.2) is 0 Å². The maximum Gasteiger partial charge on any atom is 0.194 e. The number of hydrogen-bond acceptors (Lipinski definition) is 4. The molecule has 0 saturated heterocycles. The van der Waals surface area contributed by atoms with Gasteiger partial charge in [-0.2, -0.15) is 0 Å². The van der Waals surface area contributed by atoms with Crippen LogP contribution in [-0.2, 0) is 5.60 Å². The van der Waals surface area contributed by atoms with Gasteiger partial charge < -0.3 is 10.2 Å². The second-order valence-electron chi connectivity index (χ2n) is 5.68. The highest BCUT2D eigenvalue weighted by atomic mass is 16.3. The predicted molar refractivity (Wildman–Crippen MR) is 76.7 cm³/mol. The lowest BCUT2D eigenvalue weighted by atomic mass is 9.78. The van der Waals surface area contributed by atoms with Gasteiger partial charge in [-0.3, -0.25) is 9.59 Å². The first kappa shape index (κ1) is 13.5. The first-order chi connectivity index (χ1) is 9.80. The van der Waals surface area contributed by atoms with Crippen LogP contribution in [0.3, 0.4) is 0 Å². The maximum atomic E-state index is 12.7. The highest BCUT2D eigenvalue weighted by Gasteiger charge is 2.35. The van der Waals surface area contributed by atoms with E-state index in [2.05, 4.69) is 0 Å². The van der Waals surface area contributed by atoms with Crippen LogP contribution < -0.4 is 0 Å². The lowest BCUT2D eigenvalue weighted by Gasteiger charge is -2.26. The summed E-state index contributed by atoms with van der Waals surface area (Å²) < 4.78 is 0. The standard InChI is InChI=1S/C17H14O4/c1-17(2,21)13-8-9(18)7-12-14(13)16(20)11-6-4-3-5-10(11)15(12)19/h3-8,18,21H,1-2H3. The molecule has 1 aliphatic carbocycles. The summed E-state index contributed by atoms with van der Waals surface area (Å²) in [4.78, 5) is 25.2. The largest absolute Gasteiger partial charge is 0.508 e. The fourth-order valence-electron chi connectivity index (χ4n) is 2.69. The van der Waals surface area contributed by atoms with Crippen molar-refractivity contribution in [1.82, 2.24) is 0 Å². The van der Waals surface area contributed by atoms with Gasteiger partial charge in [0.05, 0.1) is 5.60 Å². The molecular weight excluding hydrogens is 268 g/mol. The molecule has 106 valence electrons. The van der Waals surface area contributed by atoms with Crippen molar-refractivity contribution in [3.63, 3.8) is 0 Å². The Labute approximate surface area is 121 Å². The van der Waals surface area contributed by atoms with E-state index >= 15 is 0 Å². The Balaban J connectivity index is 2.38. The van der Waals surface area contributed by atoms with E-state index in [1.54, 1.807) is 24.3 Å². The van der Waals surface area contributed by atoms with Gasteiger partial charge in [-0.15, -0.1) is 0 Å². The van der Waals surface area contributed by atoms with Gasteiger partial charge in [0.1, 0.15) is 5.75 Å². The molecule has 1 aliphatic rings. The topological polar surface area (TPSA) is 74.6 Å². The Morgan fingerprint density at radius 1 is 0.905 bits per heavy atom. The highest BCUT2D eigenvalue weighted by molar-refractivity contribution is 6.29. The maximum absolute atomic E-state index is 12.7. The van der Waals surface area contributed by atoms with E-state index in [4.69, 9.17) is 0 Å². The average Bonchev–Trinajstić information content (AvgIpc) is 2.43. The monoisotopic (exact) mass is 282 g/mol. The van der Waals surface area contributed by atoms with Gasteiger partial charge in [0.15, 0.2) is 11.6 Å². The van der Waals surface area contributed by atoms with Gasteiger partial charge in [-0.1, -0.05) is 24.3 Å². The quantitative estimate of drug-likeness (QED) is 0.718. The van der Waals surface area contributed by atoms with E-state index in [0.29, 0.717) is 11.1 Å². The van der Waals surface area contributed by atoms with E-state index in [0.717, 1.165) is 0 Å². The number of carbonyl (C=O) groups is 2. The van der Waals surface area contributed by atoms with Gasteiger partial charge >= 0.3 is 0 Å². The summed E-state index contributed by atoms with van der Waals surface area (Å²) >= 11 is 0. The van der Waals surface area contributed by atoms with Crippen molar-refractivity contribution in [2.45, 2.75) is 19.4 Å². The van der Waals surface area contributed by atoms with Crippen LogP contribution in [0.2, 0.25) is 0 Å². The summed E-state index contributed by atoms with van der Waals surface area (Å²) in [6.45, 7) is 3.03. The van der Waals surface area contributed by atoms with Gasteiger partial charge in [-0.05, 0) is 31.5 Å². The number of ketones is 2. The normalized spacial score (nSPS) is 13.9. The molecule has 0 aromatic heterocycles. The van der Waals surface area contributed by atoms with Crippen molar-refractivity contribution < 1.29 is 19.8 Å². The van der Waals surface area contributed by atoms with E-state index < -0.39 is 5.60 Å². The molecule has 21 heavy (non-hydrogen) atoms. The number of phenols is 1. The molecule has 2 N–H and O–H groups in total. The van der Waals surface area contributed by atoms with Crippen LogP contribution in [-0.4, -0.2) is 21.8 Å². The number of fused-ring (bicyclic) bond motifs is 2. The lowest BCUT2D eigenvalue weighted by molar-refractivity contribution is 0.0752. The summed E-state index contributed by atoms with van der Waals surface area (Å²) in [7, 11) is 0. The van der Waals surface area contributed by atoms with Gasteiger partial charge in [0, 0.05) is 22.3 Å². The number of aromatic hydroxyl groups is 1. The summed E-state index contributed by atoms with van der Waals surface area (Å²) in [6, 6.07) is 9.18. The van der Waals surface area contributed by atoms with E-state index in [1.807, 2.05) is 0 Å². The Morgan fingerprint density at radius 3 is 2.05 bits per heavy atom. The molecule has 0 bridgehead atoms. The fourth-order valence-corrected chi connectivity index (χ4v) is 2.69. The molecule has 0 spiro atoms. The zero-order valence-electron chi connectivity index (χ0n) is 11.7. The molecule has 0 radical (unpaired) electrons. The molecule has 0 unspecified atom stereocenters. The molecule has 3 rings (SSSR count). The minimum absolute atomic E-state index is 0.135. The Morgan fingerprint density at radius 2 is 1.48 bits per heavy atom. The van der Waals surface area contributed by atoms with E-state index in [9.17, 15) is 19.8 Å². The Bertz CT molecular complexity index is 782. The number of phenolic OH excluding ortho intramolecular Hbond substituents is 1. The van der Waals surface area contributed by atoms with E-state index in [1.165, 1.54) is 26.0 Å². The summed E-state index contributed by atoms with van der Waals surface area (Å²) in [5.41, 5.74) is -0.135. The van der Waals surface area contributed by atoms with Crippen molar-refractivity contribution in [2.75, 3.05) is 0 Å². The van der Waals surface area contributed by atoms with Crippen LogP contribution in [0.4, 0.5) is 0 Å². The van der Waals surface area contributed by atoms with Crippen LogP contribution in [0, 0.1) is 0 Å². The molecule has 0 fully saturated rings. The predicted octanol–water partition coefficient (Wildman–Crippen LogP) is 2.40. The van der Waals surface area contributed by atoms with Gasteiger partial charge in [0.25, 0.3) is 0 Å². The Hall–Kier alpha value is -2.46. The smallest absolute Gasteiger partial charge is 0.194 e. The SMILES string of the molecule is CC(C)(O)c1cc(O)cc2c1C(=O)c1ccccc1C2=O. The molecule has 4 nitrogen and oxygen atoms in total. The van der Waals surface area contributed by atoms with Crippen molar-refractivity contribution >= 4 is 11.6 Å². The van der Waals surface area contributed by atoms with Crippen molar-refractivity contribution in [3.05, 3.63) is 64.2 Å². The minimum Gasteiger partial charge on any atom is -0.508 e. The van der Waals surface area contributed by atoms with Crippen molar-refractivity contribution in [1.29, 1.82) is 0 Å². The average molecular weight is 282 g/mol. The molecule has 0 amide bonds. The highest BCUT2D eigenvalue weighted by Crippen LogP contribution is 2.36. The van der Waals surface area contributed by atoms with Crippen LogP contribution in [0.1, 0.15) is 51.3 Å². The minimum atomic E-state index is -1.34. The second-order valence-corrected chi connectivity index (χ2v) is 5.68. The molecular formula is C17H14O4. The zero-order valence-corrected chi connectivity index (χ0v) is 11.7. The van der Waals surface area contributed by atoms with Crippen molar-refractivity contribution in [3.8, 4) is 5.75 Å². The molecule has 0 heterocycles. The zero-order chi connectivity index (χ0) is 15.4. The van der Waals surface area contributed by atoms with Crippen molar-refractivity contribution in [2.24, 2.45) is 0 Å². The number of carbonyl (C=O) groups excluding carboxylic acids is 2. The molecule has 0 saturated carbocycles. The van der Waals surface area contributed by atoms with Crippen LogP contribution in [0.15, 0.2) is 36.4 Å². The molecule has 4 heteroatoms. The van der Waals surface area contributed by atoms with Gasteiger partial charge in [0.2, 0.25) is 0 Å². The number of hydrogen-bond donors (Lipinski definition) is 2. The third-order valence-electron chi connectivity index (χ3n) is 3.67. The summed E-state index contributed by atoms with van der Waals surface area (Å²) in [5, 5.41) is 20.1. The van der Waals surface area contributed by atoms with Crippen LogP contribution >= 0.6 is 0 Å². The summed E-state index contributed by atoms with van der Waals surface area (Å²) in [5.74, 6) is -0.773. The fraction of sp³-hybridized carbons (Fsp3) is 0.176. The number of rotatable bonds is 1. The van der Waals surface area contributed by atoms with Crippen LogP contribution in [0.5, 0.6) is 5.75 Å². The molecule has 2 aromatic carbocycles. The third-order valence-corrected chi connectivity index (χ3v) is 3.67. The first-order valence-corrected chi connectivity index (χ1v) is 6.59. The van der Waals surface area contributed by atoms with Crippen LogP contribution in [0.25, 0.3) is 0 Å².